The highest BCUT2D eigenvalue weighted by molar-refractivity contribution is 6.42. The highest BCUT2D eigenvalue weighted by Crippen LogP contribution is 2.42. The van der Waals surface area contributed by atoms with Crippen LogP contribution < -0.4 is 5.32 Å². The maximum atomic E-state index is 13.0. The fourth-order valence-corrected chi connectivity index (χ4v) is 3.92. The number of methoxy groups -OCH3 is 1. The van der Waals surface area contributed by atoms with Crippen LogP contribution in [0, 0.1) is 11.8 Å². The SMILES string of the molecule is COC(=O)C1C(=O)C2=C(CC1C)NC(=O)CC2c1ccc(Cl)c(Cl)c1. The second-order valence-corrected chi connectivity index (χ2v) is 7.23. The molecule has 1 heterocycles. The van der Waals surface area contributed by atoms with Crippen molar-refractivity contribution in [3.05, 3.63) is 45.1 Å². The van der Waals surface area contributed by atoms with Gasteiger partial charge in [-0.2, -0.15) is 0 Å². The van der Waals surface area contributed by atoms with Crippen LogP contribution in [0.4, 0.5) is 0 Å². The Bertz CT molecular complexity index is 802. The minimum Gasteiger partial charge on any atom is -0.468 e. The number of rotatable bonds is 2. The summed E-state index contributed by atoms with van der Waals surface area (Å²) < 4.78 is 4.80. The van der Waals surface area contributed by atoms with Gasteiger partial charge in [0.2, 0.25) is 5.91 Å². The molecule has 1 amide bonds. The third-order valence-electron chi connectivity index (χ3n) is 4.80. The number of ether oxygens (including phenoxy) is 1. The van der Waals surface area contributed by atoms with Crippen LogP contribution in [-0.4, -0.2) is 24.8 Å². The lowest BCUT2D eigenvalue weighted by Crippen LogP contribution is -2.44. The molecule has 1 aromatic carbocycles. The zero-order valence-corrected chi connectivity index (χ0v) is 15.3. The van der Waals surface area contributed by atoms with E-state index in [1.165, 1.54) is 7.11 Å². The van der Waals surface area contributed by atoms with Crippen LogP contribution in [0.5, 0.6) is 0 Å². The van der Waals surface area contributed by atoms with Crippen LogP contribution in [-0.2, 0) is 19.1 Å². The van der Waals surface area contributed by atoms with E-state index in [9.17, 15) is 14.4 Å². The third kappa shape index (κ3) is 3.18. The molecular formula is C18H17Cl2NO4. The monoisotopic (exact) mass is 381 g/mol. The van der Waals surface area contributed by atoms with Gasteiger partial charge in [0.25, 0.3) is 0 Å². The first-order chi connectivity index (χ1) is 11.8. The molecule has 1 aromatic rings. The normalized spacial score (nSPS) is 26.2. The van der Waals surface area contributed by atoms with Crippen LogP contribution in [0.15, 0.2) is 29.5 Å². The molecule has 0 saturated heterocycles. The first-order valence-corrected chi connectivity index (χ1v) is 8.69. The molecule has 0 radical (unpaired) electrons. The number of amides is 1. The molecule has 0 saturated carbocycles. The van der Waals surface area contributed by atoms with Gasteiger partial charge in [0.05, 0.1) is 17.2 Å². The van der Waals surface area contributed by atoms with Gasteiger partial charge >= 0.3 is 5.97 Å². The van der Waals surface area contributed by atoms with Crippen molar-refractivity contribution in [1.29, 1.82) is 0 Å². The molecule has 3 atom stereocenters. The Balaban J connectivity index is 2.08. The standard InChI is InChI=1S/C18H17Cl2NO4/c1-8-5-13-16(17(23)15(8)18(24)25-2)10(7-14(22)21-13)9-3-4-11(19)12(20)6-9/h3-4,6,8,10,15H,5,7H2,1-2H3,(H,21,22). The predicted molar refractivity (Wildman–Crippen MR) is 93.3 cm³/mol. The van der Waals surface area contributed by atoms with Crippen LogP contribution in [0.1, 0.15) is 31.2 Å². The van der Waals surface area contributed by atoms with Crippen LogP contribution >= 0.6 is 23.2 Å². The summed E-state index contributed by atoms with van der Waals surface area (Å²) in [6, 6.07) is 5.05. The predicted octanol–water partition coefficient (Wildman–Crippen LogP) is 3.25. The summed E-state index contributed by atoms with van der Waals surface area (Å²) in [5.41, 5.74) is 1.78. The largest absolute Gasteiger partial charge is 0.468 e. The molecule has 0 fully saturated rings. The van der Waals surface area contributed by atoms with Crippen molar-refractivity contribution >= 4 is 40.9 Å². The molecule has 3 unspecified atom stereocenters. The van der Waals surface area contributed by atoms with E-state index in [0.29, 0.717) is 27.7 Å². The highest BCUT2D eigenvalue weighted by atomic mass is 35.5. The zero-order chi connectivity index (χ0) is 18.3. The molecular weight excluding hydrogens is 365 g/mol. The number of carbonyl (C=O) groups excluding carboxylic acids is 3. The molecule has 1 aliphatic carbocycles. The van der Waals surface area contributed by atoms with Crippen molar-refractivity contribution in [2.24, 2.45) is 11.8 Å². The number of hydrogen-bond donors (Lipinski definition) is 1. The number of allylic oxidation sites excluding steroid dienone is 2. The molecule has 1 aliphatic heterocycles. The molecule has 0 aromatic heterocycles. The minimum absolute atomic E-state index is 0.116. The van der Waals surface area contributed by atoms with Crippen molar-refractivity contribution in [3.8, 4) is 0 Å². The number of esters is 1. The first-order valence-electron chi connectivity index (χ1n) is 7.93. The van der Waals surface area contributed by atoms with Gasteiger partial charge in [-0.25, -0.2) is 0 Å². The maximum Gasteiger partial charge on any atom is 0.316 e. The Morgan fingerprint density at radius 1 is 1.20 bits per heavy atom. The van der Waals surface area contributed by atoms with Crippen LogP contribution in [0.3, 0.4) is 0 Å². The summed E-state index contributed by atoms with van der Waals surface area (Å²) in [5.74, 6) is -2.56. The van der Waals surface area contributed by atoms with E-state index in [2.05, 4.69) is 5.32 Å². The van der Waals surface area contributed by atoms with Crippen molar-refractivity contribution in [3.63, 3.8) is 0 Å². The van der Waals surface area contributed by atoms with Gasteiger partial charge in [0, 0.05) is 23.6 Å². The van der Waals surface area contributed by atoms with Crippen molar-refractivity contribution in [2.75, 3.05) is 7.11 Å². The first kappa shape index (κ1) is 18.0. The number of nitrogens with one attached hydrogen (secondary N) is 1. The lowest BCUT2D eigenvalue weighted by Gasteiger charge is -2.36. The van der Waals surface area contributed by atoms with Crippen molar-refractivity contribution < 1.29 is 19.1 Å². The van der Waals surface area contributed by atoms with Gasteiger partial charge in [-0.3, -0.25) is 14.4 Å². The van der Waals surface area contributed by atoms with Gasteiger partial charge in [0.1, 0.15) is 5.92 Å². The lowest BCUT2D eigenvalue weighted by molar-refractivity contribution is -0.151. The molecule has 3 rings (SSSR count). The van der Waals surface area contributed by atoms with Gasteiger partial charge in [-0.15, -0.1) is 0 Å². The van der Waals surface area contributed by atoms with E-state index in [1.807, 2.05) is 0 Å². The fraction of sp³-hybridized carbons (Fsp3) is 0.389. The lowest BCUT2D eigenvalue weighted by atomic mass is 9.70. The number of hydrogen-bond acceptors (Lipinski definition) is 4. The number of ketones is 1. The number of halogens is 2. The Hall–Kier alpha value is -1.85. The molecule has 132 valence electrons. The maximum absolute atomic E-state index is 13.0. The average Bonchev–Trinajstić information content (AvgIpc) is 2.55. The number of Topliss-reactive ketones (excluding diaryl/α,β-unsaturated/α-hetero) is 1. The van der Waals surface area contributed by atoms with E-state index in [4.69, 9.17) is 27.9 Å². The second kappa shape index (κ2) is 6.81. The molecule has 0 spiro atoms. The quantitative estimate of drug-likeness (QED) is 0.630. The van der Waals surface area contributed by atoms with Gasteiger partial charge in [-0.05, 0) is 30.0 Å². The van der Waals surface area contributed by atoms with Gasteiger partial charge in [-0.1, -0.05) is 36.2 Å². The summed E-state index contributed by atoms with van der Waals surface area (Å²) in [7, 11) is 1.27. The number of benzene rings is 1. The molecule has 7 heteroatoms. The van der Waals surface area contributed by atoms with Gasteiger partial charge in [0.15, 0.2) is 5.78 Å². The van der Waals surface area contributed by atoms with E-state index in [0.717, 1.165) is 5.56 Å². The summed E-state index contributed by atoms with van der Waals surface area (Å²) in [6.07, 6.45) is 0.551. The Kier molecular flexibility index (Phi) is 4.89. The number of carbonyl (C=O) groups is 3. The summed E-state index contributed by atoms with van der Waals surface area (Å²) in [5, 5.41) is 3.55. The Labute approximate surface area is 155 Å². The molecule has 25 heavy (non-hydrogen) atoms. The van der Waals surface area contributed by atoms with E-state index in [-0.39, 0.29) is 24.0 Å². The third-order valence-corrected chi connectivity index (χ3v) is 5.54. The minimum atomic E-state index is -0.857. The molecule has 5 nitrogen and oxygen atoms in total. The molecule has 2 aliphatic rings. The zero-order valence-electron chi connectivity index (χ0n) is 13.8. The summed E-state index contributed by atoms with van der Waals surface area (Å²) in [4.78, 5) is 37.3. The summed E-state index contributed by atoms with van der Waals surface area (Å²) >= 11 is 12.1. The molecule has 0 bridgehead atoms. The van der Waals surface area contributed by atoms with Crippen molar-refractivity contribution in [1.82, 2.24) is 5.32 Å². The highest BCUT2D eigenvalue weighted by Gasteiger charge is 2.45. The Morgan fingerprint density at radius 2 is 1.92 bits per heavy atom. The van der Waals surface area contributed by atoms with Crippen LogP contribution in [0.25, 0.3) is 0 Å². The topological polar surface area (TPSA) is 72.5 Å². The van der Waals surface area contributed by atoms with E-state index in [1.54, 1.807) is 25.1 Å². The van der Waals surface area contributed by atoms with Gasteiger partial charge < -0.3 is 10.1 Å². The van der Waals surface area contributed by atoms with Crippen molar-refractivity contribution in [2.45, 2.75) is 25.7 Å². The molecule has 1 N–H and O–H groups in total. The fourth-order valence-electron chi connectivity index (χ4n) is 3.61. The summed E-state index contributed by atoms with van der Waals surface area (Å²) in [6.45, 7) is 1.80. The van der Waals surface area contributed by atoms with E-state index < -0.39 is 17.8 Å². The van der Waals surface area contributed by atoms with E-state index >= 15 is 0 Å². The smallest absolute Gasteiger partial charge is 0.316 e. The average molecular weight is 382 g/mol. The van der Waals surface area contributed by atoms with Crippen LogP contribution in [0.2, 0.25) is 10.0 Å². The Morgan fingerprint density at radius 3 is 2.56 bits per heavy atom. The second-order valence-electron chi connectivity index (χ2n) is 6.42.